The zero-order valence-electron chi connectivity index (χ0n) is 8.53. The molecule has 0 unspecified atom stereocenters. The summed E-state index contributed by atoms with van der Waals surface area (Å²) < 4.78 is 23.4. The molecule has 0 bridgehead atoms. The molecule has 1 rings (SSSR count). The highest BCUT2D eigenvalue weighted by atomic mass is 79.9. The van der Waals surface area contributed by atoms with Gasteiger partial charge in [-0.25, -0.2) is 8.42 Å². The summed E-state index contributed by atoms with van der Waals surface area (Å²) in [4.78, 5) is 0. The van der Waals surface area contributed by atoms with E-state index in [4.69, 9.17) is 0 Å². The van der Waals surface area contributed by atoms with E-state index in [0.717, 1.165) is 10.2 Å². The van der Waals surface area contributed by atoms with Crippen molar-refractivity contribution in [2.75, 3.05) is 23.4 Å². The smallest absolute Gasteiger partial charge is 0.151 e. The van der Waals surface area contributed by atoms with Crippen LogP contribution >= 0.6 is 15.9 Å². The molecule has 1 N–H and O–H groups in total. The summed E-state index contributed by atoms with van der Waals surface area (Å²) in [6, 6.07) is 7.65. The maximum atomic E-state index is 11.2. The van der Waals surface area contributed by atoms with Crippen LogP contribution < -0.4 is 5.32 Å². The van der Waals surface area contributed by atoms with Gasteiger partial charge in [0.05, 0.1) is 5.75 Å². The van der Waals surface area contributed by atoms with Crippen LogP contribution in [0, 0.1) is 0 Å². The lowest BCUT2D eigenvalue weighted by Crippen LogP contribution is -2.17. The number of anilines is 1. The van der Waals surface area contributed by atoms with Gasteiger partial charge >= 0.3 is 0 Å². The second-order valence-corrected chi connectivity index (χ2v) is 6.56. The zero-order chi connectivity index (χ0) is 11.3. The lowest BCUT2D eigenvalue weighted by Gasteiger charge is -2.06. The Bertz CT molecular complexity index is 417. The fraction of sp³-hybridized carbons (Fsp3) is 0.400. The molecule has 0 atom stereocenters. The summed E-state index contributed by atoms with van der Waals surface area (Å²) in [5, 5.41) is 3.07. The number of rotatable bonds is 5. The first kappa shape index (κ1) is 12.5. The van der Waals surface area contributed by atoms with Crippen molar-refractivity contribution in [2.45, 2.75) is 6.92 Å². The molecule has 0 saturated heterocycles. The van der Waals surface area contributed by atoms with E-state index in [0.29, 0.717) is 6.54 Å². The Morgan fingerprint density at radius 2 is 2.13 bits per heavy atom. The Labute approximate surface area is 98.9 Å². The summed E-state index contributed by atoms with van der Waals surface area (Å²) in [6.45, 7) is 2.11. The quantitative estimate of drug-likeness (QED) is 0.905. The number of halogens is 1. The molecule has 0 spiro atoms. The minimum Gasteiger partial charge on any atom is -0.384 e. The number of hydrogen-bond donors (Lipinski definition) is 1. The summed E-state index contributed by atoms with van der Waals surface area (Å²) in [7, 11) is -2.87. The average Bonchev–Trinajstić information content (AvgIpc) is 2.18. The third kappa shape index (κ3) is 4.66. The highest BCUT2D eigenvalue weighted by molar-refractivity contribution is 9.10. The van der Waals surface area contributed by atoms with Crippen molar-refractivity contribution in [3.05, 3.63) is 28.7 Å². The first-order valence-corrected chi connectivity index (χ1v) is 7.35. The molecule has 3 nitrogen and oxygen atoms in total. The number of sulfone groups is 1. The molecule has 0 fully saturated rings. The molecule has 0 aliphatic carbocycles. The van der Waals surface area contributed by atoms with Gasteiger partial charge in [0.1, 0.15) is 0 Å². The van der Waals surface area contributed by atoms with Crippen molar-refractivity contribution in [2.24, 2.45) is 0 Å². The molecule has 1 aromatic rings. The highest BCUT2D eigenvalue weighted by Crippen LogP contribution is 2.15. The van der Waals surface area contributed by atoms with Gasteiger partial charge in [0, 0.05) is 22.5 Å². The highest BCUT2D eigenvalue weighted by Gasteiger charge is 2.05. The molecule has 0 aliphatic rings. The molecule has 15 heavy (non-hydrogen) atoms. The van der Waals surface area contributed by atoms with Crippen LogP contribution in [0.25, 0.3) is 0 Å². The van der Waals surface area contributed by atoms with Crippen molar-refractivity contribution < 1.29 is 8.42 Å². The van der Waals surface area contributed by atoms with Gasteiger partial charge in [-0.1, -0.05) is 28.9 Å². The van der Waals surface area contributed by atoms with Crippen molar-refractivity contribution in [1.82, 2.24) is 0 Å². The standard InChI is InChI=1S/C10H14BrNO2S/c1-2-15(13,14)7-6-12-10-5-3-4-9(11)8-10/h3-5,8,12H,2,6-7H2,1H3. The Balaban J connectivity index is 2.45. The Kier molecular flexibility index (Phi) is 4.60. The molecule has 0 aromatic heterocycles. The minimum absolute atomic E-state index is 0.177. The topological polar surface area (TPSA) is 46.2 Å². The third-order valence-corrected chi connectivity index (χ3v) is 4.21. The first-order valence-electron chi connectivity index (χ1n) is 4.73. The Morgan fingerprint density at radius 1 is 1.40 bits per heavy atom. The van der Waals surface area contributed by atoms with Crippen molar-refractivity contribution in [1.29, 1.82) is 0 Å². The number of benzene rings is 1. The van der Waals surface area contributed by atoms with Crippen LogP contribution in [0.4, 0.5) is 5.69 Å². The lowest BCUT2D eigenvalue weighted by atomic mass is 10.3. The van der Waals surface area contributed by atoms with Gasteiger partial charge in [-0.3, -0.25) is 0 Å². The molecule has 0 saturated carbocycles. The van der Waals surface area contributed by atoms with Gasteiger partial charge in [-0.15, -0.1) is 0 Å². The van der Waals surface area contributed by atoms with Crippen LogP contribution in [-0.4, -0.2) is 26.5 Å². The van der Waals surface area contributed by atoms with E-state index < -0.39 is 9.84 Å². The van der Waals surface area contributed by atoms with Crippen LogP contribution in [-0.2, 0) is 9.84 Å². The van der Waals surface area contributed by atoms with E-state index in [1.807, 2.05) is 24.3 Å². The second kappa shape index (κ2) is 5.51. The van der Waals surface area contributed by atoms with Crippen LogP contribution in [0.15, 0.2) is 28.7 Å². The number of nitrogens with one attached hydrogen (secondary N) is 1. The average molecular weight is 292 g/mol. The van der Waals surface area contributed by atoms with Crippen LogP contribution in [0.5, 0.6) is 0 Å². The largest absolute Gasteiger partial charge is 0.384 e. The Morgan fingerprint density at radius 3 is 2.73 bits per heavy atom. The summed E-state index contributed by atoms with van der Waals surface area (Å²) in [5.74, 6) is 0.378. The predicted octanol–water partition coefficient (Wildman–Crippen LogP) is 2.30. The van der Waals surface area contributed by atoms with E-state index in [1.165, 1.54) is 0 Å². The van der Waals surface area contributed by atoms with Gasteiger partial charge < -0.3 is 5.32 Å². The van der Waals surface area contributed by atoms with Gasteiger partial charge in [0.2, 0.25) is 0 Å². The third-order valence-electron chi connectivity index (χ3n) is 2.01. The molecular formula is C10H14BrNO2S. The molecule has 84 valence electrons. The van der Waals surface area contributed by atoms with Crippen molar-refractivity contribution in [3.8, 4) is 0 Å². The molecule has 1 aromatic carbocycles. The number of hydrogen-bond acceptors (Lipinski definition) is 3. The molecular weight excluding hydrogens is 278 g/mol. The zero-order valence-corrected chi connectivity index (χ0v) is 10.9. The minimum atomic E-state index is -2.87. The van der Waals surface area contributed by atoms with Gasteiger partial charge in [0.25, 0.3) is 0 Å². The van der Waals surface area contributed by atoms with Crippen LogP contribution in [0.2, 0.25) is 0 Å². The molecule has 0 radical (unpaired) electrons. The van der Waals surface area contributed by atoms with E-state index in [9.17, 15) is 8.42 Å². The van der Waals surface area contributed by atoms with E-state index in [2.05, 4.69) is 21.2 Å². The summed E-state index contributed by atoms with van der Waals surface area (Å²) >= 11 is 3.35. The summed E-state index contributed by atoms with van der Waals surface area (Å²) in [6.07, 6.45) is 0. The van der Waals surface area contributed by atoms with E-state index in [1.54, 1.807) is 6.92 Å². The molecule has 0 amide bonds. The SMILES string of the molecule is CCS(=O)(=O)CCNc1cccc(Br)c1. The van der Waals surface area contributed by atoms with Crippen molar-refractivity contribution in [3.63, 3.8) is 0 Å². The maximum Gasteiger partial charge on any atom is 0.151 e. The van der Waals surface area contributed by atoms with Crippen LogP contribution in [0.3, 0.4) is 0 Å². The normalized spacial score (nSPS) is 11.3. The Hall–Kier alpha value is -0.550. The molecule has 5 heteroatoms. The fourth-order valence-corrected chi connectivity index (χ4v) is 2.19. The monoisotopic (exact) mass is 291 g/mol. The van der Waals surface area contributed by atoms with Crippen molar-refractivity contribution >= 4 is 31.5 Å². The molecule has 0 aliphatic heterocycles. The van der Waals surface area contributed by atoms with E-state index in [-0.39, 0.29) is 11.5 Å². The van der Waals surface area contributed by atoms with Gasteiger partial charge in [-0.05, 0) is 18.2 Å². The lowest BCUT2D eigenvalue weighted by molar-refractivity contribution is 0.597. The first-order chi connectivity index (χ1) is 7.03. The van der Waals surface area contributed by atoms with Crippen LogP contribution in [0.1, 0.15) is 6.92 Å². The fourth-order valence-electron chi connectivity index (χ4n) is 1.09. The molecule has 0 heterocycles. The maximum absolute atomic E-state index is 11.2. The predicted molar refractivity (Wildman–Crippen MR) is 67.0 cm³/mol. The van der Waals surface area contributed by atoms with E-state index >= 15 is 0 Å². The van der Waals surface area contributed by atoms with Gasteiger partial charge in [0.15, 0.2) is 9.84 Å². The summed E-state index contributed by atoms with van der Waals surface area (Å²) in [5.41, 5.74) is 0.927. The van der Waals surface area contributed by atoms with Gasteiger partial charge in [-0.2, -0.15) is 0 Å². The second-order valence-electron chi connectivity index (χ2n) is 3.17.